The number of benzene rings is 2. The minimum absolute atomic E-state index is 0.167. The summed E-state index contributed by atoms with van der Waals surface area (Å²) < 4.78 is 0. The van der Waals surface area contributed by atoms with Gasteiger partial charge in [0.05, 0.1) is 0 Å². The first-order chi connectivity index (χ1) is 15.6. The van der Waals surface area contributed by atoms with E-state index in [4.69, 9.17) is 0 Å². The molecule has 0 atom stereocenters. The van der Waals surface area contributed by atoms with Crippen LogP contribution in [-0.4, -0.2) is 17.5 Å². The number of hydrazone groups is 1. The van der Waals surface area contributed by atoms with Crippen molar-refractivity contribution in [1.29, 1.82) is 0 Å². The number of carbonyl (C=O) groups excluding carboxylic acids is 2. The van der Waals surface area contributed by atoms with Gasteiger partial charge in [-0.15, -0.1) is 0 Å². The lowest BCUT2D eigenvalue weighted by Gasteiger charge is -2.10. The predicted molar refractivity (Wildman–Crippen MR) is 131 cm³/mol. The van der Waals surface area contributed by atoms with Gasteiger partial charge in [-0.3, -0.25) is 9.59 Å². The van der Waals surface area contributed by atoms with Crippen molar-refractivity contribution >= 4 is 23.2 Å². The number of hydrogen-bond acceptors (Lipinski definition) is 3. The van der Waals surface area contributed by atoms with Crippen molar-refractivity contribution in [2.75, 3.05) is 5.32 Å². The Bertz CT molecular complexity index is 905. The average molecular weight is 434 g/mol. The molecule has 0 heterocycles. The zero-order valence-electron chi connectivity index (χ0n) is 19.2. The molecule has 5 heteroatoms. The summed E-state index contributed by atoms with van der Waals surface area (Å²) >= 11 is 0. The molecule has 1 aliphatic rings. The van der Waals surface area contributed by atoms with Gasteiger partial charge >= 0.3 is 0 Å². The maximum absolute atomic E-state index is 12.6. The molecule has 0 bridgehead atoms. The summed E-state index contributed by atoms with van der Waals surface area (Å²) in [6.07, 6.45) is 13.3. The van der Waals surface area contributed by atoms with Gasteiger partial charge in [-0.2, -0.15) is 5.10 Å². The molecular weight excluding hydrogens is 398 g/mol. The van der Waals surface area contributed by atoms with Crippen molar-refractivity contribution in [3.63, 3.8) is 0 Å². The lowest BCUT2D eigenvalue weighted by Crippen LogP contribution is -2.20. The van der Waals surface area contributed by atoms with Crippen molar-refractivity contribution < 1.29 is 9.59 Å². The molecule has 5 nitrogen and oxygen atoms in total. The molecule has 32 heavy (non-hydrogen) atoms. The molecule has 2 aromatic rings. The van der Waals surface area contributed by atoms with Crippen LogP contribution in [0.5, 0.6) is 0 Å². The van der Waals surface area contributed by atoms with Crippen LogP contribution in [0.2, 0.25) is 0 Å². The Labute approximate surface area is 191 Å². The third kappa shape index (κ3) is 7.95. The Morgan fingerprint density at radius 2 is 1.31 bits per heavy atom. The van der Waals surface area contributed by atoms with Crippen molar-refractivity contribution in [3.05, 3.63) is 65.2 Å². The summed E-state index contributed by atoms with van der Waals surface area (Å²) in [5.74, 6) is -0.389. The molecule has 2 amide bonds. The Morgan fingerprint density at radius 3 is 1.91 bits per heavy atom. The lowest BCUT2D eigenvalue weighted by molar-refractivity contribution is 0.0954. The number of nitrogens with one attached hydrogen (secondary N) is 2. The molecule has 0 radical (unpaired) electrons. The van der Waals surface area contributed by atoms with E-state index in [1.807, 2.05) is 25.1 Å². The minimum Gasteiger partial charge on any atom is -0.322 e. The van der Waals surface area contributed by atoms with Crippen LogP contribution in [0.15, 0.2) is 53.6 Å². The van der Waals surface area contributed by atoms with Crippen molar-refractivity contribution in [3.8, 4) is 0 Å². The fourth-order valence-electron chi connectivity index (χ4n) is 4.02. The number of hydrogen-bond donors (Lipinski definition) is 2. The maximum Gasteiger partial charge on any atom is 0.271 e. The second-order valence-electron chi connectivity index (χ2n) is 8.70. The molecule has 0 unspecified atom stereocenters. The fraction of sp³-hybridized carbons (Fsp3) is 0.444. The Kier molecular flexibility index (Phi) is 9.48. The van der Waals surface area contributed by atoms with E-state index in [0.29, 0.717) is 16.8 Å². The third-order valence-corrected chi connectivity index (χ3v) is 5.93. The number of rotatable bonds is 4. The Balaban J connectivity index is 1.54. The highest BCUT2D eigenvalue weighted by atomic mass is 16.2. The summed E-state index contributed by atoms with van der Waals surface area (Å²) in [5, 5.41) is 7.32. The highest BCUT2D eigenvalue weighted by molar-refractivity contribution is 6.04. The largest absolute Gasteiger partial charge is 0.322 e. The molecule has 2 aromatic carbocycles. The SMILES string of the molecule is Cc1cccc(C(=O)Nc2ccc(C(=O)NN=C3CCCCCCCCCCC3)cc2)c1. The average Bonchev–Trinajstić information content (AvgIpc) is 2.79. The molecule has 0 aliphatic heterocycles. The molecule has 0 aromatic heterocycles. The Morgan fingerprint density at radius 1 is 0.719 bits per heavy atom. The van der Waals surface area contributed by atoms with Crippen molar-refractivity contribution in [2.24, 2.45) is 5.10 Å². The monoisotopic (exact) mass is 433 g/mol. The molecule has 2 N–H and O–H groups in total. The highest BCUT2D eigenvalue weighted by Gasteiger charge is 2.09. The van der Waals surface area contributed by atoms with Crippen LogP contribution in [0, 0.1) is 6.92 Å². The van der Waals surface area contributed by atoms with E-state index >= 15 is 0 Å². The van der Waals surface area contributed by atoms with Gasteiger partial charge in [0, 0.05) is 22.5 Å². The smallest absolute Gasteiger partial charge is 0.271 e. The Hall–Kier alpha value is -2.95. The molecule has 0 spiro atoms. The highest BCUT2D eigenvalue weighted by Crippen LogP contribution is 2.16. The molecule has 170 valence electrons. The van der Waals surface area contributed by atoms with Crippen LogP contribution in [0.25, 0.3) is 0 Å². The second kappa shape index (κ2) is 12.8. The number of amides is 2. The fourth-order valence-corrected chi connectivity index (χ4v) is 4.02. The molecule has 1 saturated carbocycles. The summed E-state index contributed by atoms with van der Waals surface area (Å²) in [5.41, 5.74) is 6.65. The van der Waals surface area contributed by atoms with E-state index in [0.717, 1.165) is 37.0 Å². The molecule has 1 aliphatic carbocycles. The maximum atomic E-state index is 12.6. The van der Waals surface area contributed by atoms with Crippen molar-refractivity contribution in [2.45, 2.75) is 77.6 Å². The first-order valence-corrected chi connectivity index (χ1v) is 12.0. The minimum atomic E-state index is -0.222. The van der Waals surface area contributed by atoms with Gasteiger partial charge in [0.15, 0.2) is 0 Å². The molecular formula is C27H35N3O2. The van der Waals surface area contributed by atoms with Crippen LogP contribution in [0.4, 0.5) is 5.69 Å². The van der Waals surface area contributed by atoms with E-state index in [2.05, 4.69) is 15.8 Å². The van der Waals surface area contributed by atoms with Crippen LogP contribution in [0.3, 0.4) is 0 Å². The number of aryl methyl sites for hydroxylation is 1. The topological polar surface area (TPSA) is 70.6 Å². The van der Waals surface area contributed by atoms with Gasteiger partial charge in [0.1, 0.15) is 0 Å². The zero-order chi connectivity index (χ0) is 22.6. The van der Waals surface area contributed by atoms with Crippen LogP contribution in [0.1, 0.15) is 96.9 Å². The zero-order valence-corrected chi connectivity index (χ0v) is 19.2. The number of anilines is 1. The van der Waals surface area contributed by atoms with Gasteiger partial charge in [0.2, 0.25) is 0 Å². The number of nitrogens with zero attached hydrogens (tertiary/aromatic N) is 1. The van der Waals surface area contributed by atoms with E-state index in [1.54, 1.807) is 30.3 Å². The van der Waals surface area contributed by atoms with Gasteiger partial charge in [-0.05, 0) is 69.0 Å². The standard InChI is InChI=1S/C27H35N3O2/c1-21-12-11-13-23(20-21)26(31)28-24-18-16-22(17-19-24)27(32)30-29-25-14-9-7-5-3-2-4-6-8-10-15-25/h11-13,16-20H,2-10,14-15H2,1H3,(H,28,31)(H,30,32). The number of carbonyl (C=O) groups is 2. The lowest BCUT2D eigenvalue weighted by atomic mass is 10.00. The van der Waals surface area contributed by atoms with Crippen LogP contribution >= 0.6 is 0 Å². The van der Waals surface area contributed by atoms with E-state index in [9.17, 15) is 9.59 Å². The molecule has 0 saturated heterocycles. The summed E-state index contributed by atoms with van der Waals surface area (Å²) in [6.45, 7) is 1.95. The quantitative estimate of drug-likeness (QED) is 0.531. The predicted octanol–water partition coefficient (Wildman–Crippen LogP) is 6.64. The van der Waals surface area contributed by atoms with Gasteiger partial charge in [-0.25, -0.2) is 5.43 Å². The van der Waals surface area contributed by atoms with E-state index < -0.39 is 0 Å². The molecule has 3 rings (SSSR count). The summed E-state index contributed by atoms with van der Waals surface area (Å²) in [6, 6.07) is 14.4. The first kappa shape index (κ1) is 23.7. The first-order valence-electron chi connectivity index (χ1n) is 12.0. The summed E-state index contributed by atoms with van der Waals surface area (Å²) in [7, 11) is 0. The van der Waals surface area contributed by atoms with E-state index in [1.165, 1.54) is 44.9 Å². The van der Waals surface area contributed by atoms with Gasteiger partial charge < -0.3 is 5.32 Å². The van der Waals surface area contributed by atoms with Crippen molar-refractivity contribution in [1.82, 2.24) is 5.43 Å². The summed E-state index contributed by atoms with van der Waals surface area (Å²) in [4.78, 5) is 24.9. The van der Waals surface area contributed by atoms with E-state index in [-0.39, 0.29) is 11.8 Å². The van der Waals surface area contributed by atoms with Crippen LogP contribution < -0.4 is 10.7 Å². The molecule has 1 fully saturated rings. The third-order valence-electron chi connectivity index (χ3n) is 5.93. The van der Waals surface area contributed by atoms with Crippen LogP contribution in [-0.2, 0) is 0 Å². The van der Waals surface area contributed by atoms with Gasteiger partial charge in [-0.1, -0.05) is 62.6 Å². The van der Waals surface area contributed by atoms with Gasteiger partial charge in [0.25, 0.3) is 11.8 Å². The normalized spacial score (nSPS) is 15.7. The second-order valence-corrected chi connectivity index (χ2v) is 8.70.